The number of piperidine rings is 1. The first-order valence-corrected chi connectivity index (χ1v) is 14.3. The van der Waals surface area contributed by atoms with E-state index in [9.17, 15) is 4.79 Å². The highest BCUT2D eigenvalue weighted by atomic mass is 32.1. The summed E-state index contributed by atoms with van der Waals surface area (Å²) >= 11 is 6.11. The summed E-state index contributed by atoms with van der Waals surface area (Å²) in [6.07, 6.45) is 9.61. The van der Waals surface area contributed by atoms with Crippen molar-refractivity contribution in [3.63, 3.8) is 0 Å². The maximum Gasteiger partial charge on any atom is 0.251 e. The van der Waals surface area contributed by atoms with Gasteiger partial charge in [0.05, 0.1) is 5.69 Å². The molecule has 2 heterocycles. The lowest BCUT2D eigenvalue weighted by molar-refractivity contribution is 0.0946. The van der Waals surface area contributed by atoms with E-state index in [1.165, 1.54) is 36.0 Å². The first kappa shape index (κ1) is 26.5. The van der Waals surface area contributed by atoms with E-state index in [4.69, 9.17) is 17.2 Å². The van der Waals surface area contributed by atoms with Crippen molar-refractivity contribution < 1.29 is 4.79 Å². The molecular formula is C33H37N3OS. The zero-order valence-electron chi connectivity index (χ0n) is 22.2. The fourth-order valence-corrected chi connectivity index (χ4v) is 6.38. The molecule has 1 saturated heterocycles. The van der Waals surface area contributed by atoms with Gasteiger partial charge in [0.1, 0.15) is 0 Å². The molecule has 1 aliphatic carbocycles. The standard InChI is InChI=1S/C33H37N3OS/c1-2-27-29(22-24-10-5-3-6-11-24)28-12-9-17-34-31(28)30(32(27)38)23-25-13-15-26(16-14-25)33(37)35-18-21-36-19-7-4-8-20-36/h2-3,5-6,9-17,29-30H,4,7-8,18-23H2,1H3,(H,35,37)/b27-2-. The monoisotopic (exact) mass is 523 g/mol. The van der Waals surface area contributed by atoms with Crippen molar-refractivity contribution in [2.24, 2.45) is 0 Å². The molecular weight excluding hydrogens is 486 g/mol. The van der Waals surface area contributed by atoms with Gasteiger partial charge in [-0.3, -0.25) is 9.78 Å². The molecule has 0 bridgehead atoms. The number of aromatic nitrogens is 1. The van der Waals surface area contributed by atoms with Gasteiger partial charge >= 0.3 is 0 Å². The highest BCUT2D eigenvalue weighted by Crippen LogP contribution is 2.42. The van der Waals surface area contributed by atoms with Gasteiger partial charge < -0.3 is 10.2 Å². The Morgan fingerprint density at radius 3 is 2.39 bits per heavy atom. The number of hydrogen-bond donors (Lipinski definition) is 1. The minimum absolute atomic E-state index is 0.00582. The number of fused-ring (bicyclic) bond motifs is 1. The van der Waals surface area contributed by atoms with Crippen molar-refractivity contribution in [3.8, 4) is 0 Å². The Bertz CT molecular complexity index is 1280. The summed E-state index contributed by atoms with van der Waals surface area (Å²) in [7, 11) is 0. The summed E-state index contributed by atoms with van der Waals surface area (Å²) in [4.78, 5) is 21.0. The van der Waals surface area contributed by atoms with Crippen molar-refractivity contribution in [3.05, 3.63) is 113 Å². The van der Waals surface area contributed by atoms with Crippen molar-refractivity contribution in [2.45, 2.75) is 50.9 Å². The molecule has 38 heavy (non-hydrogen) atoms. The number of nitrogens with zero attached hydrogens (tertiary/aromatic N) is 2. The molecule has 1 amide bonds. The molecule has 5 heteroatoms. The first-order valence-electron chi connectivity index (χ1n) is 13.9. The topological polar surface area (TPSA) is 45.2 Å². The zero-order valence-corrected chi connectivity index (χ0v) is 23.1. The van der Waals surface area contributed by atoms with Crippen LogP contribution in [0.3, 0.4) is 0 Å². The van der Waals surface area contributed by atoms with Crippen LogP contribution in [0.1, 0.15) is 70.8 Å². The van der Waals surface area contributed by atoms with Crippen molar-refractivity contribution in [1.29, 1.82) is 0 Å². The Morgan fingerprint density at radius 2 is 1.66 bits per heavy atom. The van der Waals surface area contributed by atoms with Gasteiger partial charge in [-0.15, -0.1) is 0 Å². The molecule has 0 radical (unpaired) electrons. The number of likely N-dealkylation sites (tertiary alicyclic amines) is 1. The minimum atomic E-state index is -0.00582. The SMILES string of the molecule is C/C=C1\C(=S)C(Cc2ccc(C(=O)NCCN3CCCCC3)cc2)c2ncccc2C1Cc1ccccc1. The van der Waals surface area contributed by atoms with E-state index >= 15 is 0 Å². The number of carbonyl (C=O) groups is 1. The quantitative estimate of drug-likeness (QED) is 0.279. The number of carbonyl (C=O) groups excluding carboxylic acids is 1. The van der Waals surface area contributed by atoms with Crippen LogP contribution < -0.4 is 5.32 Å². The molecule has 3 aromatic rings. The van der Waals surface area contributed by atoms with Gasteiger partial charge in [-0.05, 0) is 86.2 Å². The van der Waals surface area contributed by atoms with E-state index in [1.807, 2.05) is 24.4 Å². The lowest BCUT2D eigenvalue weighted by Gasteiger charge is -2.34. The number of benzene rings is 2. The second kappa shape index (κ2) is 12.6. The fourth-order valence-electron chi connectivity index (χ4n) is 5.92. The first-order chi connectivity index (χ1) is 18.6. The maximum absolute atomic E-state index is 12.7. The predicted octanol–water partition coefficient (Wildman–Crippen LogP) is 6.28. The maximum atomic E-state index is 12.7. The smallest absolute Gasteiger partial charge is 0.251 e. The van der Waals surface area contributed by atoms with E-state index < -0.39 is 0 Å². The molecule has 2 aliphatic rings. The molecule has 1 N–H and O–H groups in total. The van der Waals surface area contributed by atoms with Crippen LogP contribution in [0.2, 0.25) is 0 Å². The van der Waals surface area contributed by atoms with Gasteiger partial charge in [0.25, 0.3) is 5.91 Å². The Hall–Kier alpha value is -3.15. The Morgan fingerprint density at radius 1 is 0.947 bits per heavy atom. The Kier molecular flexibility index (Phi) is 8.77. The summed E-state index contributed by atoms with van der Waals surface area (Å²) in [5.74, 6) is 0.253. The van der Waals surface area contributed by atoms with Crippen LogP contribution in [0.4, 0.5) is 0 Å². The average Bonchev–Trinajstić information content (AvgIpc) is 2.96. The third-order valence-electron chi connectivity index (χ3n) is 7.97. The Labute approximate surface area is 232 Å². The summed E-state index contributed by atoms with van der Waals surface area (Å²) in [6.45, 7) is 6.00. The van der Waals surface area contributed by atoms with Gasteiger partial charge in [-0.25, -0.2) is 0 Å². The molecule has 2 atom stereocenters. The van der Waals surface area contributed by atoms with E-state index in [1.54, 1.807) is 0 Å². The van der Waals surface area contributed by atoms with Crippen LogP contribution in [-0.4, -0.2) is 46.8 Å². The number of rotatable bonds is 8. The minimum Gasteiger partial charge on any atom is -0.351 e. The third kappa shape index (κ3) is 6.11. The van der Waals surface area contributed by atoms with Crippen LogP contribution in [0.5, 0.6) is 0 Å². The van der Waals surface area contributed by atoms with Gasteiger partial charge in [0.2, 0.25) is 0 Å². The van der Waals surface area contributed by atoms with Gasteiger partial charge in [0, 0.05) is 41.6 Å². The normalized spacial score (nSPS) is 20.8. The highest BCUT2D eigenvalue weighted by molar-refractivity contribution is 7.81. The van der Waals surface area contributed by atoms with Crippen LogP contribution in [0, 0.1) is 0 Å². The number of amides is 1. The van der Waals surface area contributed by atoms with Crippen LogP contribution in [-0.2, 0) is 12.8 Å². The average molecular weight is 524 g/mol. The molecule has 1 fully saturated rings. The second-order valence-electron chi connectivity index (χ2n) is 10.4. The highest BCUT2D eigenvalue weighted by Gasteiger charge is 2.35. The van der Waals surface area contributed by atoms with Gasteiger partial charge in [0.15, 0.2) is 0 Å². The van der Waals surface area contributed by atoms with E-state index in [2.05, 4.69) is 71.7 Å². The molecule has 196 valence electrons. The van der Waals surface area contributed by atoms with E-state index in [0.29, 0.717) is 12.1 Å². The number of allylic oxidation sites excluding steroid dienone is 2. The molecule has 0 saturated carbocycles. The largest absolute Gasteiger partial charge is 0.351 e. The fraction of sp³-hybridized carbons (Fsp3) is 0.364. The molecule has 1 aromatic heterocycles. The van der Waals surface area contributed by atoms with E-state index in [-0.39, 0.29) is 17.7 Å². The lowest BCUT2D eigenvalue weighted by Crippen LogP contribution is -2.37. The summed E-state index contributed by atoms with van der Waals surface area (Å²) in [5, 5.41) is 3.09. The number of nitrogens with one attached hydrogen (secondary N) is 1. The van der Waals surface area contributed by atoms with Crippen LogP contribution in [0.15, 0.2) is 84.6 Å². The van der Waals surface area contributed by atoms with Gasteiger partial charge in [-0.1, -0.05) is 73.2 Å². The summed E-state index contributed by atoms with van der Waals surface area (Å²) in [5.41, 5.74) is 6.76. The zero-order chi connectivity index (χ0) is 26.3. The summed E-state index contributed by atoms with van der Waals surface area (Å²) < 4.78 is 0. The van der Waals surface area contributed by atoms with Crippen LogP contribution >= 0.6 is 12.2 Å². The van der Waals surface area contributed by atoms with E-state index in [0.717, 1.165) is 48.6 Å². The summed E-state index contributed by atoms with van der Waals surface area (Å²) in [6, 6.07) is 22.9. The van der Waals surface area contributed by atoms with Crippen LogP contribution in [0.25, 0.3) is 0 Å². The molecule has 2 aromatic carbocycles. The number of pyridine rings is 1. The molecule has 5 rings (SSSR count). The number of thiocarbonyl (C=S) groups is 1. The number of hydrogen-bond acceptors (Lipinski definition) is 4. The van der Waals surface area contributed by atoms with Crippen molar-refractivity contribution in [1.82, 2.24) is 15.2 Å². The molecule has 4 nitrogen and oxygen atoms in total. The van der Waals surface area contributed by atoms with Crippen molar-refractivity contribution >= 4 is 23.0 Å². The molecule has 0 spiro atoms. The second-order valence-corrected chi connectivity index (χ2v) is 10.9. The van der Waals surface area contributed by atoms with Crippen molar-refractivity contribution in [2.75, 3.05) is 26.2 Å². The third-order valence-corrected chi connectivity index (χ3v) is 8.49. The molecule has 1 aliphatic heterocycles. The Balaban J connectivity index is 1.28. The predicted molar refractivity (Wildman–Crippen MR) is 159 cm³/mol. The lowest BCUT2D eigenvalue weighted by atomic mass is 9.71. The molecule has 2 unspecified atom stereocenters. The van der Waals surface area contributed by atoms with Gasteiger partial charge in [-0.2, -0.15) is 0 Å².